The van der Waals surface area contributed by atoms with Crippen molar-refractivity contribution in [3.63, 3.8) is 0 Å². The highest BCUT2D eigenvalue weighted by atomic mass is 16.2. The Labute approximate surface area is 160 Å². The van der Waals surface area contributed by atoms with Crippen LogP contribution in [0, 0.1) is 12.0 Å². The Morgan fingerprint density at radius 3 is 2.89 bits per heavy atom. The predicted molar refractivity (Wildman–Crippen MR) is 101 cm³/mol. The van der Waals surface area contributed by atoms with Gasteiger partial charge in [0.1, 0.15) is 5.69 Å². The zero-order valence-electron chi connectivity index (χ0n) is 15.1. The molecule has 0 spiro atoms. The van der Waals surface area contributed by atoms with Crippen molar-refractivity contribution in [2.45, 2.75) is 12.8 Å². The molecule has 0 radical (unpaired) electrons. The number of aryl methyl sites for hydroxylation is 1. The number of anilines is 1. The summed E-state index contributed by atoms with van der Waals surface area (Å²) in [6, 6.07) is 8.07. The van der Waals surface area contributed by atoms with Gasteiger partial charge in [0.15, 0.2) is 5.69 Å². The average molecular weight is 375 g/mol. The van der Waals surface area contributed by atoms with Crippen molar-refractivity contribution in [2.24, 2.45) is 7.05 Å². The number of carbonyl (C=O) groups excluding carboxylic acids is 2. The van der Waals surface area contributed by atoms with E-state index in [4.69, 9.17) is 0 Å². The van der Waals surface area contributed by atoms with Crippen LogP contribution in [0.1, 0.15) is 33.8 Å². The van der Waals surface area contributed by atoms with E-state index in [2.05, 4.69) is 37.8 Å². The number of nitrogens with one attached hydrogen (secondary N) is 2. The quantitative estimate of drug-likeness (QED) is 0.576. The minimum Gasteiger partial charge on any atom is -0.351 e. The van der Waals surface area contributed by atoms with E-state index in [-0.39, 0.29) is 17.3 Å². The van der Waals surface area contributed by atoms with Gasteiger partial charge in [0.25, 0.3) is 11.8 Å². The van der Waals surface area contributed by atoms with Gasteiger partial charge >= 0.3 is 0 Å². The predicted octanol–water partition coefficient (Wildman–Crippen LogP) is 1.26. The van der Waals surface area contributed by atoms with Crippen LogP contribution < -0.4 is 10.6 Å². The Kier molecular flexibility index (Phi) is 4.60. The fraction of sp³-hybridized carbons (Fsp3) is 0.211. The molecule has 1 aliphatic heterocycles. The summed E-state index contributed by atoms with van der Waals surface area (Å²) in [6.45, 7) is 0.449. The number of hydrogen-bond donors (Lipinski definition) is 2. The van der Waals surface area contributed by atoms with Gasteiger partial charge in [-0.15, -0.1) is 0 Å². The molecule has 0 atom stereocenters. The maximum atomic E-state index is 12.7. The van der Waals surface area contributed by atoms with Crippen LogP contribution in [0.3, 0.4) is 0 Å². The third-order valence-electron chi connectivity index (χ3n) is 4.11. The first-order valence-corrected chi connectivity index (χ1v) is 8.74. The van der Waals surface area contributed by atoms with Crippen LogP contribution in [0.4, 0.5) is 5.69 Å². The Morgan fingerprint density at radius 1 is 1.14 bits per heavy atom. The number of hydrogen-bond acceptors (Lipinski definition) is 5. The molecule has 4 bridgehead atoms. The lowest BCUT2D eigenvalue weighted by Crippen LogP contribution is -2.26. The average Bonchev–Trinajstić information content (AvgIpc) is 3.30. The molecule has 0 aromatic carbocycles. The first-order valence-electron chi connectivity index (χ1n) is 8.74. The molecule has 28 heavy (non-hydrogen) atoms. The second-order valence-corrected chi connectivity index (χ2v) is 6.25. The van der Waals surface area contributed by atoms with Crippen LogP contribution in [0.15, 0.2) is 36.8 Å². The SMILES string of the molecule is Cn1cc2c(n1)C(=O)NCCCC#Cn1cc(cn1)-c1cccc(n1)C(=O)N2. The number of rotatable bonds is 0. The van der Waals surface area contributed by atoms with E-state index in [1.807, 2.05) is 0 Å². The van der Waals surface area contributed by atoms with E-state index in [1.54, 1.807) is 43.8 Å². The summed E-state index contributed by atoms with van der Waals surface area (Å²) < 4.78 is 2.99. The summed E-state index contributed by atoms with van der Waals surface area (Å²) in [4.78, 5) is 29.5. The van der Waals surface area contributed by atoms with Gasteiger partial charge in [-0.1, -0.05) is 12.0 Å². The maximum Gasteiger partial charge on any atom is 0.274 e. The van der Waals surface area contributed by atoms with E-state index < -0.39 is 5.91 Å². The fourth-order valence-corrected chi connectivity index (χ4v) is 2.77. The van der Waals surface area contributed by atoms with E-state index in [9.17, 15) is 9.59 Å². The zero-order valence-corrected chi connectivity index (χ0v) is 15.1. The van der Waals surface area contributed by atoms with Gasteiger partial charge in [0, 0.05) is 44.0 Å². The molecule has 4 heterocycles. The molecule has 1 aliphatic rings. The Bertz CT molecular complexity index is 1120. The summed E-state index contributed by atoms with van der Waals surface area (Å²) in [7, 11) is 1.69. The van der Waals surface area contributed by atoms with Crippen LogP contribution in [-0.4, -0.2) is 42.9 Å². The molecule has 140 valence electrons. The van der Waals surface area contributed by atoms with Crippen molar-refractivity contribution >= 4 is 17.5 Å². The van der Waals surface area contributed by atoms with Crippen molar-refractivity contribution < 1.29 is 9.59 Å². The van der Waals surface area contributed by atoms with E-state index >= 15 is 0 Å². The monoisotopic (exact) mass is 375 g/mol. The van der Waals surface area contributed by atoms with Crippen LogP contribution >= 0.6 is 0 Å². The summed E-state index contributed by atoms with van der Waals surface area (Å²) in [5, 5.41) is 13.9. The van der Waals surface area contributed by atoms with Gasteiger partial charge in [-0.25, -0.2) is 4.98 Å². The Balaban J connectivity index is 1.73. The molecule has 0 aliphatic carbocycles. The zero-order chi connectivity index (χ0) is 19.5. The minimum absolute atomic E-state index is 0.155. The van der Waals surface area contributed by atoms with Gasteiger partial charge < -0.3 is 10.6 Å². The van der Waals surface area contributed by atoms with Gasteiger partial charge in [-0.05, 0) is 18.6 Å². The van der Waals surface area contributed by atoms with E-state index in [0.717, 1.165) is 5.56 Å². The van der Waals surface area contributed by atoms with Crippen LogP contribution in [-0.2, 0) is 7.05 Å². The molecular weight excluding hydrogens is 358 g/mol. The first-order chi connectivity index (χ1) is 13.6. The topological polar surface area (TPSA) is 107 Å². The van der Waals surface area contributed by atoms with Gasteiger partial charge in [-0.3, -0.25) is 14.3 Å². The van der Waals surface area contributed by atoms with E-state index in [1.165, 1.54) is 9.36 Å². The molecule has 2 N–H and O–H groups in total. The third-order valence-corrected chi connectivity index (χ3v) is 4.11. The number of carbonyl (C=O) groups is 2. The van der Waals surface area contributed by atoms with Crippen molar-refractivity contribution in [1.82, 2.24) is 29.9 Å². The Morgan fingerprint density at radius 2 is 2.00 bits per heavy atom. The fourth-order valence-electron chi connectivity index (χ4n) is 2.77. The molecule has 9 heteroatoms. The van der Waals surface area contributed by atoms with Crippen molar-refractivity contribution in [3.05, 3.63) is 48.2 Å². The van der Waals surface area contributed by atoms with Gasteiger partial charge in [-0.2, -0.15) is 14.9 Å². The second-order valence-electron chi connectivity index (χ2n) is 6.25. The number of nitrogens with zero attached hydrogens (tertiary/aromatic N) is 5. The van der Waals surface area contributed by atoms with Crippen molar-refractivity contribution in [1.29, 1.82) is 0 Å². The van der Waals surface area contributed by atoms with Gasteiger partial charge in [0.2, 0.25) is 0 Å². The van der Waals surface area contributed by atoms with E-state index in [0.29, 0.717) is 30.8 Å². The largest absolute Gasteiger partial charge is 0.351 e. The Hall–Kier alpha value is -3.93. The molecular formula is C19H17N7O2. The normalized spacial score (nSPS) is 14.2. The molecule has 3 aromatic heterocycles. The lowest BCUT2D eigenvalue weighted by atomic mass is 10.2. The summed E-state index contributed by atoms with van der Waals surface area (Å²) in [5.74, 6) is 2.23. The molecule has 0 saturated heterocycles. The number of aromatic nitrogens is 5. The molecule has 4 rings (SSSR count). The molecule has 0 fully saturated rings. The maximum absolute atomic E-state index is 12.7. The summed E-state index contributed by atoms with van der Waals surface area (Å²) in [6.07, 6.45) is 6.29. The van der Waals surface area contributed by atoms with Crippen molar-refractivity contribution in [3.8, 4) is 23.2 Å². The standard InChI is InChI=1S/C19H17N7O2/c1-25-12-16-17(24-25)19(28)20-8-3-2-4-9-26-11-13(10-21-26)14-6-5-7-15(22-14)18(27)23-16/h5-7,10-12H,2-3,8H2,1H3,(H,20,28)(H,23,27). The smallest absolute Gasteiger partial charge is 0.274 e. The van der Waals surface area contributed by atoms with Crippen LogP contribution in [0.5, 0.6) is 0 Å². The molecule has 0 unspecified atom stereocenters. The molecule has 2 amide bonds. The summed E-state index contributed by atoms with van der Waals surface area (Å²) in [5.41, 5.74) is 2.06. The van der Waals surface area contributed by atoms with Gasteiger partial charge in [0.05, 0.1) is 17.6 Å². The molecule has 9 nitrogen and oxygen atoms in total. The lowest BCUT2D eigenvalue weighted by Gasteiger charge is -2.06. The summed E-state index contributed by atoms with van der Waals surface area (Å²) >= 11 is 0. The first kappa shape index (κ1) is 17.5. The molecule has 0 saturated carbocycles. The van der Waals surface area contributed by atoms with Crippen LogP contribution in [0.2, 0.25) is 0 Å². The number of fused-ring (bicyclic) bond motifs is 6. The highest BCUT2D eigenvalue weighted by Crippen LogP contribution is 2.18. The third kappa shape index (κ3) is 3.61. The molecule has 3 aromatic rings. The lowest BCUT2D eigenvalue weighted by molar-refractivity contribution is 0.0948. The second kappa shape index (κ2) is 7.36. The number of pyridine rings is 1. The highest BCUT2D eigenvalue weighted by molar-refractivity contribution is 6.07. The minimum atomic E-state index is -0.430. The highest BCUT2D eigenvalue weighted by Gasteiger charge is 2.19. The van der Waals surface area contributed by atoms with Crippen LogP contribution in [0.25, 0.3) is 11.3 Å². The number of amides is 2. The van der Waals surface area contributed by atoms with Crippen molar-refractivity contribution in [2.75, 3.05) is 11.9 Å².